The van der Waals surface area contributed by atoms with Gasteiger partial charge in [0.15, 0.2) is 5.78 Å². The first-order valence-corrected chi connectivity index (χ1v) is 5.51. The Balaban J connectivity index is 0.00000144. The summed E-state index contributed by atoms with van der Waals surface area (Å²) >= 11 is 0. The predicted molar refractivity (Wildman–Crippen MR) is 69.0 cm³/mol. The third-order valence-electron chi connectivity index (χ3n) is 2.68. The molecule has 0 amide bonds. The lowest BCUT2D eigenvalue weighted by Gasteiger charge is -2.15. The fourth-order valence-electron chi connectivity index (χ4n) is 1.82. The fourth-order valence-corrected chi connectivity index (χ4v) is 1.82. The lowest BCUT2D eigenvalue weighted by Crippen LogP contribution is -2.22. The molecule has 0 saturated carbocycles. The molecule has 1 aliphatic heterocycles. The van der Waals surface area contributed by atoms with E-state index in [1.807, 2.05) is 18.2 Å². The zero-order valence-electron chi connectivity index (χ0n) is 9.52. The van der Waals surface area contributed by atoms with Crippen molar-refractivity contribution in [3.63, 3.8) is 0 Å². The highest BCUT2D eigenvalue weighted by atomic mass is 35.5. The van der Waals surface area contributed by atoms with Crippen molar-refractivity contribution in [2.45, 2.75) is 12.5 Å². The number of rotatable bonds is 4. The van der Waals surface area contributed by atoms with Crippen LogP contribution in [0.25, 0.3) is 0 Å². The first-order chi connectivity index (χ1) is 7.81. The molecule has 0 aliphatic carbocycles. The van der Waals surface area contributed by atoms with E-state index in [0.717, 1.165) is 19.5 Å². The highest BCUT2D eigenvalue weighted by molar-refractivity contribution is 5.99. The van der Waals surface area contributed by atoms with Gasteiger partial charge in [-0.1, -0.05) is 12.1 Å². The molecule has 17 heavy (non-hydrogen) atoms. The van der Waals surface area contributed by atoms with Gasteiger partial charge in [-0.25, -0.2) is 0 Å². The predicted octanol–water partition coefficient (Wildman–Crippen LogP) is 0.990. The summed E-state index contributed by atoms with van der Waals surface area (Å²) in [5, 5.41) is 3.22. The highest BCUT2D eigenvalue weighted by Gasteiger charge is 2.18. The molecule has 0 radical (unpaired) electrons. The zero-order valence-corrected chi connectivity index (χ0v) is 10.3. The molecule has 1 aliphatic rings. The van der Waals surface area contributed by atoms with E-state index in [-0.39, 0.29) is 30.8 Å². The van der Waals surface area contributed by atoms with E-state index >= 15 is 0 Å². The standard InChI is InChI=1S/C12H16N2O2.ClH/c13-7-11(15)10-3-1-2-4-12(10)16-9-5-6-14-8-9;/h1-4,9,14H,5-8,13H2;1H. The van der Waals surface area contributed by atoms with E-state index in [0.29, 0.717) is 11.3 Å². The number of nitrogens with two attached hydrogens (primary N) is 1. The Morgan fingerprint density at radius 2 is 2.24 bits per heavy atom. The Kier molecular flexibility index (Phi) is 5.41. The lowest BCUT2D eigenvalue weighted by atomic mass is 10.1. The first-order valence-electron chi connectivity index (χ1n) is 5.51. The molecule has 1 unspecified atom stereocenters. The average molecular weight is 257 g/mol. The van der Waals surface area contributed by atoms with Crippen LogP contribution < -0.4 is 15.8 Å². The molecule has 1 fully saturated rings. The van der Waals surface area contributed by atoms with Crippen LogP contribution in [0.2, 0.25) is 0 Å². The van der Waals surface area contributed by atoms with Crippen LogP contribution in [0.15, 0.2) is 24.3 Å². The maximum absolute atomic E-state index is 11.6. The van der Waals surface area contributed by atoms with E-state index in [1.54, 1.807) is 6.07 Å². The van der Waals surface area contributed by atoms with Gasteiger partial charge in [0.25, 0.3) is 0 Å². The van der Waals surface area contributed by atoms with Crippen LogP contribution in [0, 0.1) is 0 Å². The van der Waals surface area contributed by atoms with Gasteiger partial charge < -0.3 is 15.8 Å². The van der Waals surface area contributed by atoms with Gasteiger partial charge in [0, 0.05) is 6.54 Å². The van der Waals surface area contributed by atoms with Crippen molar-refractivity contribution >= 4 is 18.2 Å². The number of carbonyl (C=O) groups excluding carboxylic acids is 1. The van der Waals surface area contributed by atoms with Gasteiger partial charge in [0.05, 0.1) is 12.1 Å². The molecule has 5 heteroatoms. The summed E-state index contributed by atoms with van der Waals surface area (Å²) in [6.45, 7) is 1.83. The van der Waals surface area contributed by atoms with Crippen LogP contribution in [-0.4, -0.2) is 31.5 Å². The molecule has 1 heterocycles. The van der Waals surface area contributed by atoms with Gasteiger partial charge in [-0.05, 0) is 25.1 Å². The summed E-state index contributed by atoms with van der Waals surface area (Å²) in [6.07, 6.45) is 1.14. The molecule has 0 bridgehead atoms. The molecule has 1 saturated heterocycles. The van der Waals surface area contributed by atoms with Gasteiger partial charge >= 0.3 is 0 Å². The normalized spacial score (nSPS) is 18.5. The minimum Gasteiger partial charge on any atom is -0.488 e. The monoisotopic (exact) mass is 256 g/mol. The van der Waals surface area contributed by atoms with Crippen LogP contribution in [0.1, 0.15) is 16.8 Å². The summed E-state index contributed by atoms with van der Waals surface area (Å²) < 4.78 is 5.79. The van der Waals surface area contributed by atoms with Gasteiger partial charge in [0.1, 0.15) is 11.9 Å². The quantitative estimate of drug-likeness (QED) is 0.789. The number of carbonyl (C=O) groups is 1. The van der Waals surface area contributed by atoms with Gasteiger partial charge in [-0.15, -0.1) is 12.4 Å². The molecule has 1 atom stereocenters. The summed E-state index contributed by atoms with van der Waals surface area (Å²) in [6, 6.07) is 7.27. The van der Waals surface area contributed by atoms with E-state index in [1.165, 1.54) is 0 Å². The number of hydrogen-bond acceptors (Lipinski definition) is 4. The third-order valence-corrected chi connectivity index (χ3v) is 2.68. The number of Topliss-reactive ketones (excluding diaryl/α,β-unsaturated/α-hetero) is 1. The summed E-state index contributed by atoms with van der Waals surface area (Å²) in [5.41, 5.74) is 5.94. The van der Waals surface area contributed by atoms with Crippen molar-refractivity contribution in [1.29, 1.82) is 0 Å². The molecule has 2 rings (SSSR count). The number of nitrogens with one attached hydrogen (secondary N) is 1. The summed E-state index contributed by atoms with van der Waals surface area (Å²) in [5.74, 6) is 0.563. The summed E-state index contributed by atoms with van der Waals surface area (Å²) in [4.78, 5) is 11.6. The third kappa shape index (κ3) is 3.43. The van der Waals surface area contributed by atoms with E-state index in [2.05, 4.69) is 5.32 Å². The number of hydrogen-bond donors (Lipinski definition) is 2. The second kappa shape index (κ2) is 6.59. The van der Waals surface area contributed by atoms with Crippen LogP contribution in [-0.2, 0) is 0 Å². The van der Waals surface area contributed by atoms with Crippen LogP contribution >= 0.6 is 12.4 Å². The molecule has 4 nitrogen and oxygen atoms in total. The first kappa shape index (κ1) is 14.0. The maximum atomic E-state index is 11.6. The molecule has 1 aromatic carbocycles. The Morgan fingerprint density at radius 1 is 1.47 bits per heavy atom. The largest absolute Gasteiger partial charge is 0.488 e. The Bertz CT molecular complexity index is 379. The number of ether oxygens (including phenoxy) is 1. The van der Waals surface area contributed by atoms with Gasteiger partial charge in [-0.3, -0.25) is 4.79 Å². The molecule has 0 spiro atoms. The summed E-state index contributed by atoms with van der Waals surface area (Å²) in [7, 11) is 0. The Labute approximate surface area is 107 Å². The highest BCUT2D eigenvalue weighted by Crippen LogP contribution is 2.21. The molecule has 1 aromatic rings. The number of halogens is 1. The maximum Gasteiger partial charge on any atom is 0.180 e. The van der Waals surface area contributed by atoms with Crippen molar-refractivity contribution in [3.05, 3.63) is 29.8 Å². The topological polar surface area (TPSA) is 64.4 Å². The smallest absolute Gasteiger partial charge is 0.180 e. The molecule has 94 valence electrons. The number of ketones is 1. The van der Waals surface area contributed by atoms with Gasteiger partial charge in [0.2, 0.25) is 0 Å². The molecule has 3 N–H and O–H groups in total. The minimum absolute atomic E-state index is 0. The SMILES string of the molecule is Cl.NCC(=O)c1ccccc1OC1CCNC1. The number of para-hydroxylation sites is 1. The second-order valence-corrected chi connectivity index (χ2v) is 3.86. The average Bonchev–Trinajstić information content (AvgIpc) is 2.82. The van der Waals surface area contributed by atoms with Crippen molar-refractivity contribution in [2.24, 2.45) is 5.73 Å². The fraction of sp³-hybridized carbons (Fsp3) is 0.417. The Hall–Kier alpha value is -1.10. The van der Waals surface area contributed by atoms with Crippen LogP contribution in [0.3, 0.4) is 0 Å². The van der Waals surface area contributed by atoms with Crippen molar-refractivity contribution in [1.82, 2.24) is 5.32 Å². The molecular weight excluding hydrogens is 240 g/mol. The van der Waals surface area contributed by atoms with E-state index in [9.17, 15) is 4.79 Å². The van der Waals surface area contributed by atoms with Crippen molar-refractivity contribution in [2.75, 3.05) is 19.6 Å². The van der Waals surface area contributed by atoms with Crippen molar-refractivity contribution < 1.29 is 9.53 Å². The zero-order chi connectivity index (χ0) is 11.4. The minimum atomic E-state index is -0.0819. The molecular formula is C12H17ClN2O2. The van der Waals surface area contributed by atoms with Crippen LogP contribution in [0.5, 0.6) is 5.75 Å². The lowest BCUT2D eigenvalue weighted by molar-refractivity contribution is 0.0995. The van der Waals surface area contributed by atoms with Crippen LogP contribution in [0.4, 0.5) is 0 Å². The molecule has 0 aromatic heterocycles. The Morgan fingerprint density at radius 3 is 2.88 bits per heavy atom. The van der Waals surface area contributed by atoms with Crippen molar-refractivity contribution in [3.8, 4) is 5.75 Å². The van der Waals surface area contributed by atoms with E-state index in [4.69, 9.17) is 10.5 Å². The van der Waals surface area contributed by atoms with E-state index < -0.39 is 0 Å². The second-order valence-electron chi connectivity index (χ2n) is 3.86. The number of benzene rings is 1. The van der Waals surface area contributed by atoms with Gasteiger partial charge in [-0.2, -0.15) is 0 Å².